The van der Waals surface area contributed by atoms with Gasteiger partial charge in [-0.25, -0.2) is 0 Å². The van der Waals surface area contributed by atoms with Crippen LogP contribution in [0.1, 0.15) is 23.0 Å². The monoisotopic (exact) mass is 344 g/mol. The summed E-state index contributed by atoms with van der Waals surface area (Å²) < 4.78 is 10.5. The molecule has 1 saturated heterocycles. The Morgan fingerprint density at radius 1 is 1.40 bits per heavy atom. The van der Waals surface area contributed by atoms with Crippen LogP contribution in [0.4, 0.5) is 0 Å². The normalized spacial score (nSPS) is 20.1. The van der Waals surface area contributed by atoms with Gasteiger partial charge in [0.05, 0.1) is 30.6 Å². The van der Waals surface area contributed by atoms with Crippen molar-refractivity contribution in [2.45, 2.75) is 25.3 Å². The second-order valence-electron chi connectivity index (χ2n) is 5.72. The second kappa shape index (κ2) is 7.91. The van der Waals surface area contributed by atoms with Gasteiger partial charge in [-0.15, -0.1) is 0 Å². The van der Waals surface area contributed by atoms with Gasteiger partial charge in [0.25, 0.3) is 5.91 Å². The Kier molecular flexibility index (Phi) is 5.42. The van der Waals surface area contributed by atoms with Crippen molar-refractivity contribution in [3.63, 3.8) is 0 Å². The third kappa shape index (κ3) is 4.23. The lowest BCUT2D eigenvalue weighted by molar-refractivity contribution is -0.148. The van der Waals surface area contributed by atoms with E-state index in [1.807, 2.05) is 36.4 Å². The Balaban J connectivity index is 1.65. The third-order valence-electron chi connectivity index (χ3n) is 3.86. The molecule has 1 aliphatic rings. The molecule has 1 aromatic carbocycles. The molecule has 0 spiro atoms. The number of hydrogen-bond donors (Lipinski definition) is 3. The SMILES string of the molecule is COCc1cc(CNC(=O)[C@H]2OCC(=O)N[C@@H]2c2ccccc2)[nH]n1. The summed E-state index contributed by atoms with van der Waals surface area (Å²) in [5, 5.41) is 12.6. The fourth-order valence-electron chi connectivity index (χ4n) is 2.70. The molecule has 3 rings (SSSR count). The predicted molar refractivity (Wildman–Crippen MR) is 88.2 cm³/mol. The highest BCUT2D eigenvalue weighted by molar-refractivity contribution is 5.86. The molecule has 0 bridgehead atoms. The summed E-state index contributed by atoms with van der Waals surface area (Å²) in [7, 11) is 1.59. The smallest absolute Gasteiger partial charge is 0.251 e. The van der Waals surface area contributed by atoms with Crippen LogP contribution in [-0.2, 0) is 32.2 Å². The van der Waals surface area contributed by atoms with Crippen molar-refractivity contribution < 1.29 is 19.1 Å². The number of carbonyl (C=O) groups is 2. The number of ether oxygens (including phenoxy) is 2. The number of nitrogens with zero attached hydrogens (tertiary/aromatic N) is 1. The second-order valence-corrected chi connectivity index (χ2v) is 5.72. The number of aromatic amines is 1. The van der Waals surface area contributed by atoms with E-state index in [1.165, 1.54) is 0 Å². The first-order chi connectivity index (χ1) is 12.2. The number of carbonyl (C=O) groups excluding carboxylic acids is 2. The number of morpholine rings is 1. The van der Waals surface area contributed by atoms with E-state index in [-0.39, 0.29) is 25.0 Å². The fourth-order valence-corrected chi connectivity index (χ4v) is 2.70. The molecular weight excluding hydrogens is 324 g/mol. The number of hydrogen-bond acceptors (Lipinski definition) is 5. The van der Waals surface area contributed by atoms with Crippen LogP contribution in [0.3, 0.4) is 0 Å². The number of amides is 2. The minimum absolute atomic E-state index is 0.135. The number of benzene rings is 1. The highest BCUT2D eigenvalue weighted by atomic mass is 16.5. The lowest BCUT2D eigenvalue weighted by Crippen LogP contribution is -2.52. The molecule has 8 nitrogen and oxygen atoms in total. The summed E-state index contributed by atoms with van der Waals surface area (Å²) in [6.45, 7) is 0.548. The lowest BCUT2D eigenvalue weighted by Gasteiger charge is -2.31. The van der Waals surface area contributed by atoms with Gasteiger partial charge in [-0.1, -0.05) is 30.3 Å². The van der Waals surface area contributed by atoms with Crippen LogP contribution in [0.2, 0.25) is 0 Å². The van der Waals surface area contributed by atoms with Crippen molar-refractivity contribution >= 4 is 11.8 Å². The van der Waals surface area contributed by atoms with E-state index in [0.717, 1.165) is 17.0 Å². The molecule has 1 aliphatic heterocycles. The molecule has 132 valence electrons. The van der Waals surface area contributed by atoms with Crippen molar-refractivity contribution in [3.8, 4) is 0 Å². The topological polar surface area (TPSA) is 105 Å². The molecule has 25 heavy (non-hydrogen) atoms. The molecule has 0 saturated carbocycles. The standard InChI is InChI=1S/C17H20N4O4/c1-24-9-13-7-12(20-21-13)8-18-17(23)16-15(19-14(22)10-25-16)11-5-3-2-4-6-11/h2-7,15-16H,8-10H2,1H3,(H,18,23)(H,19,22)(H,20,21)/t15-,16+/m1/s1. The summed E-state index contributed by atoms with van der Waals surface area (Å²) in [6.07, 6.45) is -0.790. The van der Waals surface area contributed by atoms with Crippen molar-refractivity contribution in [3.05, 3.63) is 53.3 Å². The van der Waals surface area contributed by atoms with Crippen LogP contribution in [0.15, 0.2) is 36.4 Å². The minimum Gasteiger partial charge on any atom is -0.378 e. The van der Waals surface area contributed by atoms with Crippen LogP contribution in [0.5, 0.6) is 0 Å². The molecule has 1 aromatic heterocycles. The molecule has 0 unspecified atom stereocenters. The first kappa shape index (κ1) is 17.1. The number of rotatable bonds is 6. The highest BCUT2D eigenvalue weighted by Gasteiger charge is 2.35. The van der Waals surface area contributed by atoms with Crippen LogP contribution in [-0.4, -0.2) is 41.8 Å². The van der Waals surface area contributed by atoms with Crippen LogP contribution in [0, 0.1) is 0 Å². The largest absolute Gasteiger partial charge is 0.378 e. The molecule has 2 atom stereocenters. The Bertz CT molecular complexity index is 731. The Morgan fingerprint density at radius 3 is 2.96 bits per heavy atom. The minimum atomic E-state index is -0.790. The maximum Gasteiger partial charge on any atom is 0.251 e. The highest BCUT2D eigenvalue weighted by Crippen LogP contribution is 2.22. The maximum absolute atomic E-state index is 12.5. The van der Waals surface area contributed by atoms with Crippen molar-refractivity contribution in [2.24, 2.45) is 0 Å². The van der Waals surface area contributed by atoms with E-state index in [1.54, 1.807) is 7.11 Å². The summed E-state index contributed by atoms with van der Waals surface area (Å²) in [5.41, 5.74) is 2.34. The van der Waals surface area contributed by atoms with Crippen LogP contribution >= 0.6 is 0 Å². The van der Waals surface area contributed by atoms with Gasteiger partial charge in [0, 0.05) is 7.11 Å². The summed E-state index contributed by atoms with van der Waals surface area (Å²) in [5.74, 6) is -0.535. The molecule has 3 N–H and O–H groups in total. The number of nitrogens with one attached hydrogen (secondary N) is 3. The molecule has 0 radical (unpaired) electrons. The summed E-state index contributed by atoms with van der Waals surface area (Å²) >= 11 is 0. The lowest BCUT2D eigenvalue weighted by atomic mass is 9.99. The maximum atomic E-state index is 12.5. The van der Waals surface area contributed by atoms with Crippen molar-refractivity contribution in [2.75, 3.05) is 13.7 Å². The van der Waals surface area contributed by atoms with Gasteiger partial charge in [-0.05, 0) is 11.6 Å². The number of methoxy groups -OCH3 is 1. The quantitative estimate of drug-likeness (QED) is 0.705. The van der Waals surface area contributed by atoms with Crippen molar-refractivity contribution in [1.82, 2.24) is 20.8 Å². The zero-order valence-corrected chi connectivity index (χ0v) is 13.8. The molecule has 0 aliphatic carbocycles. The zero-order chi connectivity index (χ0) is 17.6. The Labute approximate surface area is 144 Å². The van der Waals surface area contributed by atoms with E-state index in [0.29, 0.717) is 6.61 Å². The van der Waals surface area contributed by atoms with E-state index in [2.05, 4.69) is 20.8 Å². The number of aromatic nitrogens is 2. The van der Waals surface area contributed by atoms with E-state index in [4.69, 9.17) is 9.47 Å². The van der Waals surface area contributed by atoms with Gasteiger partial charge in [-0.3, -0.25) is 14.7 Å². The van der Waals surface area contributed by atoms with Crippen LogP contribution in [0.25, 0.3) is 0 Å². The first-order valence-corrected chi connectivity index (χ1v) is 7.93. The average Bonchev–Trinajstić information content (AvgIpc) is 3.08. The Morgan fingerprint density at radius 2 is 2.20 bits per heavy atom. The summed E-state index contributed by atoms with van der Waals surface area (Å²) in [4.78, 5) is 24.2. The number of H-pyrrole nitrogens is 1. The molecule has 8 heteroatoms. The van der Waals surface area contributed by atoms with Crippen molar-refractivity contribution in [1.29, 1.82) is 0 Å². The molecule has 1 fully saturated rings. The van der Waals surface area contributed by atoms with Gasteiger partial charge >= 0.3 is 0 Å². The molecular formula is C17H20N4O4. The zero-order valence-electron chi connectivity index (χ0n) is 13.8. The van der Waals surface area contributed by atoms with Crippen LogP contribution < -0.4 is 10.6 Å². The van der Waals surface area contributed by atoms with E-state index in [9.17, 15) is 9.59 Å². The van der Waals surface area contributed by atoms with Gasteiger partial charge in [0.2, 0.25) is 5.91 Å². The average molecular weight is 344 g/mol. The van der Waals surface area contributed by atoms with Gasteiger partial charge in [0.15, 0.2) is 6.10 Å². The van der Waals surface area contributed by atoms with E-state index >= 15 is 0 Å². The third-order valence-corrected chi connectivity index (χ3v) is 3.86. The Hall–Kier alpha value is -2.71. The van der Waals surface area contributed by atoms with Gasteiger partial charge in [0.1, 0.15) is 6.61 Å². The molecule has 2 amide bonds. The van der Waals surface area contributed by atoms with Gasteiger partial charge < -0.3 is 20.1 Å². The molecule has 2 aromatic rings. The molecule has 2 heterocycles. The first-order valence-electron chi connectivity index (χ1n) is 7.93. The van der Waals surface area contributed by atoms with E-state index < -0.39 is 12.1 Å². The predicted octanol–water partition coefficient (Wildman–Crippen LogP) is 0.429. The fraction of sp³-hybridized carbons (Fsp3) is 0.353. The summed E-state index contributed by atoms with van der Waals surface area (Å²) in [6, 6.07) is 10.6. The van der Waals surface area contributed by atoms with Gasteiger partial charge in [-0.2, -0.15) is 5.10 Å².